The maximum absolute atomic E-state index is 12.2. The van der Waals surface area contributed by atoms with Crippen molar-refractivity contribution in [2.24, 2.45) is 5.92 Å². The van der Waals surface area contributed by atoms with Gasteiger partial charge in [-0.1, -0.05) is 13.3 Å². The molecule has 1 aliphatic carbocycles. The number of sulfonamides is 1. The van der Waals surface area contributed by atoms with Crippen molar-refractivity contribution in [2.45, 2.75) is 50.5 Å². The van der Waals surface area contributed by atoms with Crippen LogP contribution in [0, 0.1) is 5.92 Å². The summed E-state index contributed by atoms with van der Waals surface area (Å²) >= 11 is 0. The first-order chi connectivity index (χ1) is 9.53. The van der Waals surface area contributed by atoms with Crippen molar-refractivity contribution >= 4 is 16.0 Å². The molecule has 1 aromatic heterocycles. The molecule has 0 aliphatic heterocycles. The molecule has 0 radical (unpaired) electrons. The summed E-state index contributed by atoms with van der Waals surface area (Å²) in [7, 11) is -3.52. The van der Waals surface area contributed by atoms with E-state index in [1.165, 1.54) is 18.8 Å². The Morgan fingerprint density at radius 1 is 1.35 bits per heavy atom. The zero-order valence-electron chi connectivity index (χ0n) is 12.0. The molecule has 0 bridgehead atoms. The minimum atomic E-state index is -3.52. The molecule has 0 aromatic carbocycles. The highest BCUT2D eigenvalue weighted by atomic mass is 32.2. The number of hydrogen-bond acceptors (Lipinski definition) is 5. The van der Waals surface area contributed by atoms with Gasteiger partial charge in [-0.3, -0.25) is 0 Å². The third-order valence-electron chi connectivity index (χ3n) is 3.67. The van der Waals surface area contributed by atoms with Gasteiger partial charge in [0.1, 0.15) is 4.90 Å². The van der Waals surface area contributed by atoms with Crippen LogP contribution in [0.4, 0.5) is 5.95 Å². The van der Waals surface area contributed by atoms with E-state index in [1.54, 1.807) is 0 Å². The maximum Gasteiger partial charge on any atom is 0.243 e. The molecule has 2 rings (SSSR count). The lowest BCUT2D eigenvalue weighted by Gasteiger charge is -2.31. The third-order valence-corrected chi connectivity index (χ3v) is 5.18. The molecule has 0 spiro atoms. The Morgan fingerprint density at radius 3 is 2.50 bits per heavy atom. The van der Waals surface area contributed by atoms with Gasteiger partial charge in [0.2, 0.25) is 16.0 Å². The Hall–Kier alpha value is -1.21. The summed E-state index contributed by atoms with van der Waals surface area (Å²) in [6, 6.07) is -0.0355. The third kappa shape index (κ3) is 3.67. The normalized spacial score (nSPS) is 17.5. The van der Waals surface area contributed by atoms with Crippen LogP contribution in [0.5, 0.6) is 0 Å². The molecule has 112 valence electrons. The van der Waals surface area contributed by atoms with E-state index < -0.39 is 10.0 Å². The van der Waals surface area contributed by atoms with Gasteiger partial charge in [-0.15, -0.1) is 0 Å². The van der Waals surface area contributed by atoms with E-state index >= 15 is 0 Å². The van der Waals surface area contributed by atoms with Gasteiger partial charge in [0.15, 0.2) is 0 Å². The number of rotatable bonds is 7. The predicted octanol–water partition coefficient (Wildman–Crippen LogP) is 1.77. The number of hydrogen-bond donors (Lipinski definition) is 2. The van der Waals surface area contributed by atoms with Crippen molar-refractivity contribution in [1.82, 2.24) is 14.7 Å². The first-order valence-corrected chi connectivity index (χ1v) is 8.59. The van der Waals surface area contributed by atoms with E-state index in [4.69, 9.17) is 0 Å². The zero-order chi connectivity index (χ0) is 14.6. The van der Waals surface area contributed by atoms with E-state index in [0.717, 1.165) is 25.8 Å². The summed E-state index contributed by atoms with van der Waals surface area (Å²) in [5.74, 6) is 0.911. The zero-order valence-corrected chi connectivity index (χ0v) is 12.8. The fourth-order valence-electron chi connectivity index (χ4n) is 2.13. The molecule has 6 nitrogen and oxygen atoms in total. The molecule has 1 saturated carbocycles. The number of nitrogens with zero attached hydrogens (tertiary/aromatic N) is 2. The van der Waals surface area contributed by atoms with E-state index in [-0.39, 0.29) is 10.9 Å². The van der Waals surface area contributed by atoms with Crippen molar-refractivity contribution in [3.63, 3.8) is 0 Å². The summed E-state index contributed by atoms with van der Waals surface area (Å²) in [6.45, 7) is 4.72. The van der Waals surface area contributed by atoms with Crippen LogP contribution in [0.15, 0.2) is 17.3 Å². The fourth-order valence-corrected chi connectivity index (χ4v) is 3.33. The van der Waals surface area contributed by atoms with Crippen LogP contribution in [0.3, 0.4) is 0 Å². The van der Waals surface area contributed by atoms with Crippen LogP contribution in [0.25, 0.3) is 0 Å². The first kappa shape index (κ1) is 15.2. The molecule has 1 unspecified atom stereocenters. The summed E-state index contributed by atoms with van der Waals surface area (Å²) in [5, 5.41) is 3.01. The average molecular weight is 298 g/mol. The van der Waals surface area contributed by atoms with Gasteiger partial charge in [-0.05, 0) is 32.1 Å². The minimum Gasteiger partial charge on any atom is -0.354 e. The molecular weight excluding hydrogens is 276 g/mol. The number of aromatic nitrogens is 2. The molecule has 20 heavy (non-hydrogen) atoms. The highest BCUT2D eigenvalue weighted by Crippen LogP contribution is 2.30. The standard InChI is InChI=1S/C13H22N4O2S/c1-3-7-14-13-15-8-12(9-16-13)20(18,19)17-10(2)11-5-4-6-11/h8-11,17H,3-7H2,1-2H3,(H,14,15,16). The lowest BCUT2D eigenvalue weighted by Crippen LogP contribution is -2.40. The van der Waals surface area contributed by atoms with Crippen LogP contribution < -0.4 is 10.0 Å². The topological polar surface area (TPSA) is 84.0 Å². The molecule has 1 fully saturated rings. The lowest BCUT2D eigenvalue weighted by molar-refractivity contribution is 0.260. The van der Waals surface area contributed by atoms with Gasteiger partial charge < -0.3 is 5.32 Å². The van der Waals surface area contributed by atoms with Crippen molar-refractivity contribution < 1.29 is 8.42 Å². The average Bonchev–Trinajstić information content (AvgIpc) is 2.34. The van der Waals surface area contributed by atoms with Gasteiger partial charge >= 0.3 is 0 Å². The Bertz CT molecular complexity index is 526. The Kier molecular flexibility index (Phi) is 4.93. The van der Waals surface area contributed by atoms with Crippen LogP contribution in [0.1, 0.15) is 39.5 Å². The molecule has 0 saturated heterocycles. The highest BCUT2D eigenvalue weighted by molar-refractivity contribution is 7.89. The SMILES string of the molecule is CCCNc1ncc(S(=O)(=O)NC(C)C2CCC2)cn1. The van der Waals surface area contributed by atoms with Gasteiger partial charge in [0, 0.05) is 12.6 Å². The molecule has 1 aliphatic rings. The molecular formula is C13H22N4O2S. The van der Waals surface area contributed by atoms with E-state index in [9.17, 15) is 8.42 Å². The molecule has 0 amide bonds. The van der Waals surface area contributed by atoms with Crippen molar-refractivity contribution in [3.05, 3.63) is 12.4 Å². The van der Waals surface area contributed by atoms with Crippen LogP contribution in [-0.4, -0.2) is 31.0 Å². The Morgan fingerprint density at radius 2 is 2.00 bits per heavy atom. The number of anilines is 1. The monoisotopic (exact) mass is 298 g/mol. The highest BCUT2D eigenvalue weighted by Gasteiger charge is 2.28. The second kappa shape index (κ2) is 6.49. The maximum atomic E-state index is 12.2. The van der Waals surface area contributed by atoms with Crippen molar-refractivity contribution in [2.75, 3.05) is 11.9 Å². The first-order valence-electron chi connectivity index (χ1n) is 7.11. The van der Waals surface area contributed by atoms with Gasteiger partial charge in [-0.25, -0.2) is 23.1 Å². The summed E-state index contributed by atoms with van der Waals surface area (Å²) in [4.78, 5) is 8.17. The Labute approximate surface area is 120 Å². The fraction of sp³-hybridized carbons (Fsp3) is 0.692. The molecule has 7 heteroatoms. The molecule has 1 atom stereocenters. The van der Waals surface area contributed by atoms with Crippen LogP contribution >= 0.6 is 0 Å². The molecule has 2 N–H and O–H groups in total. The summed E-state index contributed by atoms with van der Waals surface area (Å²) < 4.78 is 27.1. The van der Waals surface area contributed by atoms with E-state index in [2.05, 4.69) is 20.0 Å². The number of nitrogens with one attached hydrogen (secondary N) is 2. The van der Waals surface area contributed by atoms with Gasteiger partial charge in [-0.2, -0.15) is 0 Å². The van der Waals surface area contributed by atoms with Gasteiger partial charge in [0.25, 0.3) is 0 Å². The minimum absolute atomic E-state index is 0.0355. The van der Waals surface area contributed by atoms with Crippen molar-refractivity contribution in [3.8, 4) is 0 Å². The van der Waals surface area contributed by atoms with Crippen LogP contribution in [-0.2, 0) is 10.0 Å². The smallest absolute Gasteiger partial charge is 0.243 e. The van der Waals surface area contributed by atoms with E-state index in [1.807, 2.05) is 13.8 Å². The van der Waals surface area contributed by atoms with E-state index in [0.29, 0.717) is 11.9 Å². The molecule has 1 heterocycles. The lowest BCUT2D eigenvalue weighted by atomic mass is 9.81. The summed E-state index contributed by atoms with van der Waals surface area (Å²) in [5.41, 5.74) is 0. The second-order valence-corrected chi connectivity index (χ2v) is 6.98. The Balaban J connectivity index is 2.01. The predicted molar refractivity (Wildman–Crippen MR) is 77.9 cm³/mol. The molecule has 1 aromatic rings. The van der Waals surface area contributed by atoms with Gasteiger partial charge in [0.05, 0.1) is 12.4 Å². The van der Waals surface area contributed by atoms with Crippen LogP contribution in [0.2, 0.25) is 0 Å². The van der Waals surface area contributed by atoms with Crippen molar-refractivity contribution in [1.29, 1.82) is 0 Å². The summed E-state index contributed by atoms with van der Waals surface area (Å²) in [6.07, 6.45) is 7.04. The quantitative estimate of drug-likeness (QED) is 0.801. The second-order valence-electron chi connectivity index (χ2n) is 5.27. The largest absolute Gasteiger partial charge is 0.354 e.